The molecule has 6 heteroatoms. The number of amides is 1. The van der Waals surface area contributed by atoms with E-state index in [1.54, 1.807) is 0 Å². The molecule has 0 fully saturated rings. The van der Waals surface area contributed by atoms with Gasteiger partial charge in [-0.15, -0.1) is 0 Å². The van der Waals surface area contributed by atoms with Crippen molar-refractivity contribution in [2.45, 2.75) is 38.8 Å². The molecule has 2 N–H and O–H groups in total. The summed E-state index contributed by atoms with van der Waals surface area (Å²) in [5.74, 6) is -1.49. The number of aliphatic carboxylic acids is 1. The van der Waals surface area contributed by atoms with Crippen LogP contribution in [0.4, 0.5) is 0 Å². The van der Waals surface area contributed by atoms with Crippen molar-refractivity contribution in [2.75, 3.05) is 20.3 Å². The number of rotatable bonds is 9. The van der Waals surface area contributed by atoms with E-state index in [1.807, 2.05) is 13.8 Å². The molecule has 0 bridgehead atoms. The van der Waals surface area contributed by atoms with Gasteiger partial charge in [0.1, 0.15) is 12.6 Å². The molecule has 0 radical (unpaired) electrons. The van der Waals surface area contributed by atoms with E-state index in [-0.39, 0.29) is 25.7 Å². The fourth-order valence-electron chi connectivity index (χ4n) is 1.06. The molecule has 1 amide bonds. The van der Waals surface area contributed by atoms with Crippen LogP contribution in [-0.4, -0.2) is 49.5 Å². The average molecular weight is 247 g/mol. The van der Waals surface area contributed by atoms with Crippen LogP contribution in [0.2, 0.25) is 0 Å². The first-order chi connectivity index (χ1) is 8.01. The third-order valence-electron chi connectivity index (χ3n) is 2.32. The molecule has 0 saturated heterocycles. The fraction of sp³-hybridized carbons (Fsp3) is 0.818. The Labute approximate surface area is 101 Å². The van der Waals surface area contributed by atoms with Gasteiger partial charge in [0.2, 0.25) is 5.91 Å². The highest BCUT2D eigenvalue weighted by Gasteiger charge is 2.19. The summed E-state index contributed by atoms with van der Waals surface area (Å²) >= 11 is 0. The van der Waals surface area contributed by atoms with Crippen molar-refractivity contribution >= 4 is 11.9 Å². The lowest BCUT2D eigenvalue weighted by molar-refractivity contribution is -0.143. The van der Waals surface area contributed by atoms with Gasteiger partial charge in [-0.1, -0.05) is 6.92 Å². The molecule has 0 aliphatic rings. The topological polar surface area (TPSA) is 84.9 Å². The standard InChI is InChI=1S/C11H21NO5/c1-4-8(2)17-7-10(13)12-9(11(14)15)5-6-16-3/h8-9H,4-7H2,1-3H3,(H,12,13)(H,14,15). The number of carbonyl (C=O) groups excluding carboxylic acids is 1. The third kappa shape index (κ3) is 7.70. The molecule has 6 nitrogen and oxygen atoms in total. The van der Waals surface area contributed by atoms with Crippen LogP contribution in [0.3, 0.4) is 0 Å². The summed E-state index contributed by atoms with van der Waals surface area (Å²) in [6.07, 6.45) is 1.03. The predicted octanol–water partition coefficient (Wildman–Crippen LogP) is 0.407. The Morgan fingerprint density at radius 2 is 2.06 bits per heavy atom. The van der Waals surface area contributed by atoms with Crippen LogP contribution >= 0.6 is 0 Å². The Hall–Kier alpha value is -1.14. The zero-order valence-electron chi connectivity index (χ0n) is 10.6. The van der Waals surface area contributed by atoms with Gasteiger partial charge in [0.15, 0.2) is 0 Å². The third-order valence-corrected chi connectivity index (χ3v) is 2.32. The quantitative estimate of drug-likeness (QED) is 0.616. The highest BCUT2D eigenvalue weighted by atomic mass is 16.5. The Morgan fingerprint density at radius 1 is 1.41 bits per heavy atom. The van der Waals surface area contributed by atoms with Crippen LogP contribution in [-0.2, 0) is 19.1 Å². The number of ether oxygens (including phenoxy) is 2. The first kappa shape index (κ1) is 15.9. The summed E-state index contributed by atoms with van der Waals surface area (Å²) in [6, 6.07) is -0.928. The number of hydrogen-bond acceptors (Lipinski definition) is 4. The molecule has 0 aromatic rings. The van der Waals surface area contributed by atoms with Gasteiger partial charge in [0.05, 0.1) is 6.10 Å². The molecule has 0 aromatic heterocycles. The van der Waals surface area contributed by atoms with Gasteiger partial charge in [-0.05, 0) is 13.3 Å². The number of carbonyl (C=O) groups is 2. The van der Waals surface area contributed by atoms with Crippen LogP contribution in [0.25, 0.3) is 0 Å². The number of carboxylic acids is 1. The van der Waals surface area contributed by atoms with Gasteiger partial charge in [-0.25, -0.2) is 4.79 Å². The van der Waals surface area contributed by atoms with Gasteiger partial charge in [-0.3, -0.25) is 4.79 Å². The van der Waals surface area contributed by atoms with Gasteiger partial charge >= 0.3 is 5.97 Å². The summed E-state index contributed by atoms with van der Waals surface area (Å²) < 4.78 is 9.98. The van der Waals surface area contributed by atoms with E-state index in [4.69, 9.17) is 14.6 Å². The molecule has 0 aliphatic carbocycles. The molecule has 0 rings (SSSR count). The monoisotopic (exact) mass is 247 g/mol. The van der Waals surface area contributed by atoms with Crippen molar-refractivity contribution in [2.24, 2.45) is 0 Å². The fourth-order valence-corrected chi connectivity index (χ4v) is 1.06. The van der Waals surface area contributed by atoms with Crippen molar-refractivity contribution in [3.63, 3.8) is 0 Å². The first-order valence-corrected chi connectivity index (χ1v) is 5.64. The largest absolute Gasteiger partial charge is 0.480 e. The summed E-state index contributed by atoms with van der Waals surface area (Å²) in [5, 5.41) is 11.2. The Morgan fingerprint density at radius 3 is 2.53 bits per heavy atom. The maximum atomic E-state index is 11.4. The van der Waals surface area contributed by atoms with E-state index in [0.717, 1.165) is 6.42 Å². The molecular weight excluding hydrogens is 226 g/mol. The van der Waals surface area contributed by atoms with Crippen LogP contribution in [0.15, 0.2) is 0 Å². The summed E-state index contributed by atoms with van der Waals surface area (Å²) in [6.45, 7) is 3.96. The van der Waals surface area contributed by atoms with Crippen molar-refractivity contribution in [1.82, 2.24) is 5.32 Å². The minimum absolute atomic E-state index is 0.0111. The highest BCUT2D eigenvalue weighted by Crippen LogP contribution is 1.97. The van der Waals surface area contributed by atoms with E-state index < -0.39 is 17.9 Å². The summed E-state index contributed by atoms with van der Waals surface area (Å²) in [7, 11) is 1.48. The van der Waals surface area contributed by atoms with Gasteiger partial charge < -0.3 is 19.9 Å². The average Bonchev–Trinajstić information content (AvgIpc) is 2.30. The molecule has 0 aromatic carbocycles. The molecule has 0 heterocycles. The second-order valence-corrected chi connectivity index (χ2v) is 3.77. The van der Waals surface area contributed by atoms with Crippen molar-refractivity contribution in [3.8, 4) is 0 Å². The van der Waals surface area contributed by atoms with Crippen molar-refractivity contribution in [1.29, 1.82) is 0 Å². The second-order valence-electron chi connectivity index (χ2n) is 3.77. The molecular formula is C11H21NO5. The molecule has 2 unspecified atom stereocenters. The van der Waals surface area contributed by atoms with Crippen LogP contribution < -0.4 is 5.32 Å². The van der Waals surface area contributed by atoms with E-state index in [9.17, 15) is 9.59 Å². The minimum atomic E-state index is -1.07. The molecule has 17 heavy (non-hydrogen) atoms. The highest BCUT2D eigenvalue weighted by molar-refractivity contribution is 5.84. The van der Waals surface area contributed by atoms with Gasteiger partial charge in [0.25, 0.3) is 0 Å². The number of nitrogens with one attached hydrogen (secondary N) is 1. The number of carboxylic acid groups (broad SMARTS) is 1. The normalized spacial score (nSPS) is 14.1. The maximum absolute atomic E-state index is 11.4. The molecule has 2 atom stereocenters. The van der Waals surface area contributed by atoms with Gasteiger partial charge in [0, 0.05) is 20.1 Å². The lowest BCUT2D eigenvalue weighted by Crippen LogP contribution is -2.43. The lowest BCUT2D eigenvalue weighted by Gasteiger charge is -2.15. The molecule has 0 saturated carbocycles. The summed E-state index contributed by atoms with van der Waals surface area (Å²) in [4.78, 5) is 22.2. The SMILES string of the molecule is CCC(C)OCC(=O)NC(CCOC)C(=O)O. The molecule has 0 spiro atoms. The van der Waals surface area contributed by atoms with E-state index in [1.165, 1.54) is 7.11 Å². The zero-order valence-corrected chi connectivity index (χ0v) is 10.6. The van der Waals surface area contributed by atoms with Gasteiger partial charge in [-0.2, -0.15) is 0 Å². The first-order valence-electron chi connectivity index (χ1n) is 5.64. The minimum Gasteiger partial charge on any atom is -0.480 e. The van der Waals surface area contributed by atoms with E-state index in [0.29, 0.717) is 0 Å². The Bertz CT molecular complexity index is 244. The molecule has 100 valence electrons. The van der Waals surface area contributed by atoms with Crippen LogP contribution in [0.5, 0.6) is 0 Å². The van der Waals surface area contributed by atoms with Crippen LogP contribution in [0, 0.1) is 0 Å². The van der Waals surface area contributed by atoms with Crippen LogP contribution in [0.1, 0.15) is 26.7 Å². The number of hydrogen-bond donors (Lipinski definition) is 2. The Kier molecular flexibility index (Phi) is 8.35. The van der Waals surface area contributed by atoms with E-state index in [2.05, 4.69) is 5.32 Å². The second kappa shape index (κ2) is 8.95. The predicted molar refractivity (Wildman–Crippen MR) is 61.8 cm³/mol. The molecule has 0 aliphatic heterocycles. The zero-order chi connectivity index (χ0) is 13.3. The van der Waals surface area contributed by atoms with Crippen molar-refractivity contribution < 1.29 is 24.2 Å². The van der Waals surface area contributed by atoms with E-state index >= 15 is 0 Å². The smallest absolute Gasteiger partial charge is 0.326 e. The number of methoxy groups -OCH3 is 1. The Balaban J connectivity index is 3.99. The maximum Gasteiger partial charge on any atom is 0.326 e. The summed E-state index contributed by atoms with van der Waals surface area (Å²) in [5.41, 5.74) is 0. The van der Waals surface area contributed by atoms with Crippen molar-refractivity contribution in [3.05, 3.63) is 0 Å². The lowest BCUT2D eigenvalue weighted by atomic mass is 10.2.